The Hall–Kier alpha value is -1.44. The maximum atomic E-state index is 12.1. The van der Waals surface area contributed by atoms with Gasteiger partial charge >= 0.3 is 0 Å². The number of rotatable bonds is 6. The summed E-state index contributed by atoms with van der Waals surface area (Å²) in [7, 11) is 0. The maximum absolute atomic E-state index is 12.1. The molecule has 1 fully saturated rings. The second kappa shape index (κ2) is 8.78. The van der Waals surface area contributed by atoms with Crippen LogP contribution in [0.1, 0.15) is 17.7 Å². The predicted octanol–water partition coefficient (Wildman–Crippen LogP) is 2.70. The molecule has 0 radical (unpaired) electrons. The molecule has 0 aliphatic carbocycles. The molecule has 0 bridgehead atoms. The standard InChI is InChI=1S/C18H22BrN3O2S/c19-15-3-4-18(24)22(11-15)13-17(23)20-10-14-5-7-21(8-6-14)12-16-2-1-9-25-16/h1-4,9,11,14H,5-8,10,12-13H2,(H,20,23). The monoisotopic (exact) mass is 423 g/mol. The van der Waals surface area contributed by atoms with Crippen molar-refractivity contribution in [2.75, 3.05) is 19.6 Å². The van der Waals surface area contributed by atoms with Gasteiger partial charge in [-0.25, -0.2) is 0 Å². The number of nitrogens with zero attached hydrogens (tertiary/aromatic N) is 2. The Kier molecular flexibility index (Phi) is 6.45. The van der Waals surface area contributed by atoms with E-state index in [1.54, 1.807) is 23.6 Å². The topological polar surface area (TPSA) is 54.3 Å². The summed E-state index contributed by atoms with van der Waals surface area (Å²) in [6.45, 7) is 3.93. The van der Waals surface area contributed by atoms with E-state index in [1.165, 1.54) is 15.5 Å². The van der Waals surface area contributed by atoms with Gasteiger partial charge in [-0.15, -0.1) is 11.3 Å². The molecule has 0 spiro atoms. The van der Waals surface area contributed by atoms with E-state index < -0.39 is 0 Å². The summed E-state index contributed by atoms with van der Waals surface area (Å²) in [5.74, 6) is 0.406. The molecule has 7 heteroatoms. The van der Waals surface area contributed by atoms with Crippen molar-refractivity contribution in [3.63, 3.8) is 0 Å². The minimum Gasteiger partial charge on any atom is -0.354 e. The first kappa shape index (κ1) is 18.4. The molecule has 0 atom stereocenters. The lowest BCUT2D eigenvalue weighted by molar-refractivity contribution is -0.122. The molecular formula is C18H22BrN3O2S. The lowest BCUT2D eigenvalue weighted by Gasteiger charge is -2.31. The minimum atomic E-state index is -0.166. The normalized spacial score (nSPS) is 16.0. The van der Waals surface area contributed by atoms with E-state index in [4.69, 9.17) is 0 Å². The third-order valence-electron chi connectivity index (χ3n) is 4.52. The van der Waals surface area contributed by atoms with Crippen LogP contribution in [0.15, 0.2) is 45.1 Å². The SMILES string of the molecule is O=C(Cn1cc(Br)ccc1=O)NCC1CCN(Cc2cccs2)CC1. The number of thiophene rings is 1. The third-order valence-corrected chi connectivity index (χ3v) is 5.85. The second-order valence-electron chi connectivity index (χ2n) is 6.42. The van der Waals surface area contributed by atoms with Crippen LogP contribution < -0.4 is 10.9 Å². The van der Waals surface area contributed by atoms with Gasteiger partial charge in [0.05, 0.1) is 0 Å². The molecule has 0 aromatic carbocycles. The molecule has 1 aliphatic heterocycles. The molecule has 0 unspecified atom stereocenters. The number of amides is 1. The number of piperidine rings is 1. The Morgan fingerprint density at radius 1 is 1.28 bits per heavy atom. The fourth-order valence-corrected chi connectivity index (χ4v) is 4.19. The van der Waals surface area contributed by atoms with Crippen LogP contribution in [0.25, 0.3) is 0 Å². The molecule has 1 amide bonds. The fraction of sp³-hybridized carbons (Fsp3) is 0.444. The summed E-state index contributed by atoms with van der Waals surface area (Å²) < 4.78 is 2.21. The van der Waals surface area contributed by atoms with Crippen LogP contribution in [0.3, 0.4) is 0 Å². The maximum Gasteiger partial charge on any atom is 0.251 e. The van der Waals surface area contributed by atoms with Crippen LogP contribution in [0.4, 0.5) is 0 Å². The molecule has 0 saturated carbocycles. The number of carbonyl (C=O) groups excluding carboxylic acids is 1. The van der Waals surface area contributed by atoms with E-state index in [9.17, 15) is 9.59 Å². The van der Waals surface area contributed by atoms with Gasteiger partial charge in [0.15, 0.2) is 0 Å². The number of carbonyl (C=O) groups is 1. The lowest BCUT2D eigenvalue weighted by Crippen LogP contribution is -2.39. The zero-order valence-electron chi connectivity index (χ0n) is 14.0. The second-order valence-corrected chi connectivity index (χ2v) is 8.36. The molecule has 1 aliphatic rings. The summed E-state index contributed by atoms with van der Waals surface area (Å²) in [5, 5.41) is 5.10. The van der Waals surface area contributed by atoms with Crippen molar-refractivity contribution < 1.29 is 4.79 Å². The van der Waals surface area contributed by atoms with E-state index >= 15 is 0 Å². The number of hydrogen-bond donors (Lipinski definition) is 1. The summed E-state index contributed by atoms with van der Waals surface area (Å²) in [6, 6.07) is 7.42. The van der Waals surface area contributed by atoms with Gasteiger partial charge in [0, 0.05) is 34.7 Å². The predicted molar refractivity (Wildman–Crippen MR) is 104 cm³/mol. The van der Waals surface area contributed by atoms with Crippen LogP contribution >= 0.6 is 27.3 Å². The van der Waals surface area contributed by atoms with Crippen LogP contribution in [0.5, 0.6) is 0 Å². The molecule has 1 N–H and O–H groups in total. The highest BCUT2D eigenvalue weighted by Crippen LogP contribution is 2.20. The quantitative estimate of drug-likeness (QED) is 0.776. The average molecular weight is 424 g/mol. The highest BCUT2D eigenvalue weighted by Gasteiger charge is 2.20. The van der Waals surface area contributed by atoms with E-state index in [0.29, 0.717) is 12.5 Å². The average Bonchev–Trinajstić information content (AvgIpc) is 3.10. The number of pyridine rings is 1. The lowest BCUT2D eigenvalue weighted by atomic mass is 9.97. The smallest absolute Gasteiger partial charge is 0.251 e. The molecule has 5 nitrogen and oxygen atoms in total. The van der Waals surface area contributed by atoms with Crippen molar-refractivity contribution in [1.29, 1.82) is 0 Å². The van der Waals surface area contributed by atoms with Crippen LogP contribution in [-0.4, -0.2) is 35.0 Å². The first-order valence-corrected chi connectivity index (χ1v) is 10.1. The Labute approximate surface area is 159 Å². The molecule has 25 heavy (non-hydrogen) atoms. The molecule has 2 aromatic heterocycles. The largest absolute Gasteiger partial charge is 0.354 e. The highest BCUT2D eigenvalue weighted by molar-refractivity contribution is 9.10. The molecule has 3 heterocycles. The van der Waals surface area contributed by atoms with Gasteiger partial charge in [0.25, 0.3) is 5.56 Å². The number of halogens is 1. The molecule has 1 saturated heterocycles. The molecule has 134 valence electrons. The van der Waals surface area contributed by atoms with Gasteiger partial charge in [-0.2, -0.15) is 0 Å². The summed E-state index contributed by atoms with van der Waals surface area (Å²) >= 11 is 5.12. The Morgan fingerprint density at radius 3 is 2.80 bits per heavy atom. The van der Waals surface area contributed by atoms with Crippen LogP contribution in [0, 0.1) is 5.92 Å². The molecular weight excluding hydrogens is 402 g/mol. The summed E-state index contributed by atoms with van der Waals surface area (Å²) in [5.41, 5.74) is -0.166. The van der Waals surface area contributed by atoms with E-state index in [0.717, 1.165) is 36.9 Å². The van der Waals surface area contributed by atoms with E-state index in [2.05, 4.69) is 43.7 Å². The van der Waals surface area contributed by atoms with E-state index in [-0.39, 0.29) is 18.0 Å². The Balaban J connectivity index is 1.40. The Bertz CT molecular complexity index is 752. The van der Waals surface area contributed by atoms with Crippen molar-refractivity contribution in [2.45, 2.75) is 25.9 Å². The van der Waals surface area contributed by atoms with Crippen molar-refractivity contribution >= 4 is 33.2 Å². The molecule has 3 rings (SSSR count). The van der Waals surface area contributed by atoms with Gasteiger partial charge in [0.1, 0.15) is 6.54 Å². The van der Waals surface area contributed by atoms with E-state index in [1.807, 2.05) is 0 Å². The number of nitrogens with one attached hydrogen (secondary N) is 1. The fourth-order valence-electron chi connectivity index (χ4n) is 3.07. The zero-order valence-corrected chi connectivity index (χ0v) is 16.4. The van der Waals surface area contributed by atoms with Gasteiger partial charge in [-0.1, -0.05) is 6.07 Å². The van der Waals surface area contributed by atoms with Gasteiger partial charge in [-0.05, 0) is 65.3 Å². The van der Waals surface area contributed by atoms with Gasteiger partial charge in [0.2, 0.25) is 5.91 Å². The van der Waals surface area contributed by atoms with Gasteiger partial charge < -0.3 is 9.88 Å². The van der Waals surface area contributed by atoms with Crippen LogP contribution in [-0.2, 0) is 17.9 Å². The first-order chi connectivity index (χ1) is 12.1. The van der Waals surface area contributed by atoms with Gasteiger partial charge in [-0.3, -0.25) is 14.5 Å². The van der Waals surface area contributed by atoms with Crippen molar-refractivity contribution in [3.8, 4) is 0 Å². The highest BCUT2D eigenvalue weighted by atomic mass is 79.9. The molecule has 2 aromatic rings. The summed E-state index contributed by atoms with van der Waals surface area (Å²) in [4.78, 5) is 27.7. The number of likely N-dealkylation sites (tertiary alicyclic amines) is 1. The minimum absolute atomic E-state index is 0.0650. The van der Waals surface area contributed by atoms with Crippen molar-refractivity contribution in [2.24, 2.45) is 5.92 Å². The van der Waals surface area contributed by atoms with Crippen molar-refractivity contribution in [1.82, 2.24) is 14.8 Å². The Morgan fingerprint density at radius 2 is 2.08 bits per heavy atom. The number of hydrogen-bond acceptors (Lipinski definition) is 4. The zero-order chi connectivity index (χ0) is 17.6. The van der Waals surface area contributed by atoms with Crippen molar-refractivity contribution in [3.05, 3.63) is 55.5 Å². The number of aromatic nitrogens is 1. The summed E-state index contributed by atoms with van der Waals surface area (Å²) in [6.07, 6.45) is 3.84. The van der Waals surface area contributed by atoms with Crippen LogP contribution in [0.2, 0.25) is 0 Å². The first-order valence-electron chi connectivity index (χ1n) is 8.47. The third kappa shape index (κ3) is 5.52.